The van der Waals surface area contributed by atoms with E-state index >= 15 is 0 Å². The van der Waals surface area contributed by atoms with E-state index in [2.05, 4.69) is 19.2 Å². The second-order valence-electron chi connectivity index (χ2n) is 11.3. The lowest BCUT2D eigenvalue weighted by atomic mass is 9.68. The molecule has 0 saturated carbocycles. The lowest BCUT2D eigenvalue weighted by molar-refractivity contribution is -0.142. The summed E-state index contributed by atoms with van der Waals surface area (Å²) in [5.41, 5.74) is 4.30. The van der Waals surface area contributed by atoms with Crippen molar-refractivity contribution in [2.24, 2.45) is 5.41 Å². The van der Waals surface area contributed by atoms with Gasteiger partial charge in [0.15, 0.2) is 17.3 Å². The maximum atomic E-state index is 13.6. The van der Waals surface area contributed by atoms with Crippen LogP contribution in [-0.4, -0.2) is 38.2 Å². The molecule has 7 heteroatoms. The molecule has 2 aliphatic heterocycles. The molecule has 0 bridgehead atoms. The largest absolute Gasteiger partial charge is 0.493 e. The molecule has 1 saturated heterocycles. The first-order chi connectivity index (χ1) is 18.8. The highest BCUT2D eigenvalue weighted by Crippen LogP contribution is 2.48. The molecule has 0 aromatic heterocycles. The van der Waals surface area contributed by atoms with Crippen LogP contribution in [0.4, 0.5) is 0 Å². The number of benzene rings is 2. The Bertz CT molecular complexity index is 1300. The number of esters is 1. The Morgan fingerprint density at radius 3 is 2.62 bits per heavy atom. The smallest absolute Gasteiger partial charge is 0.336 e. The number of ether oxygens (including phenoxy) is 4. The van der Waals surface area contributed by atoms with E-state index in [4.69, 9.17) is 18.9 Å². The summed E-state index contributed by atoms with van der Waals surface area (Å²) in [7, 11) is 1.59. The molecule has 7 nitrogen and oxygen atoms in total. The van der Waals surface area contributed by atoms with E-state index in [-0.39, 0.29) is 23.9 Å². The molecule has 206 valence electrons. The fraction of sp³-hybridized carbons (Fsp3) is 0.438. The number of Topliss-reactive ketones (excluding diaryl/α,β-unsaturated/α-hetero) is 1. The van der Waals surface area contributed by atoms with Crippen LogP contribution in [0.5, 0.6) is 11.5 Å². The van der Waals surface area contributed by atoms with Gasteiger partial charge in [-0.15, -0.1) is 0 Å². The molecule has 5 rings (SSSR count). The molecular weight excluding hydrogens is 494 g/mol. The number of carbonyl (C=O) groups is 2. The predicted molar refractivity (Wildman–Crippen MR) is 147 cm³/mol. The number of ketones is 1. The Kier molecular flexibility index (Phi) is 7.80. The summed E-state index contributed by atoms with van der Waals surface area (Å²) >= 11 is 0. The van der Waals surface area contributed by atoms with Gasteiger partial charge in [0.1, 0.15) is 13.2 Å². The van der Waals surface area contributed by atoms with Crippen molar-refractivity contribution in [3.05, 3.63) is 82.2 Å². The van der Waals surface area contributed by atoms with Gasteiger partial charge in [-0.1, -0.05) is 50.2 Å². The Morgan fingerprint density at radius 1 is 1.10 bits per heavy atom. The number of hydrogen-bond acceptors (Lipinski definition) is 7. The van der Waals surface area contributed by atoms with Gasteiger partial charge in [0.25, 0.3) is 0 Å². The first-order valence-corrected chi connectivity index (χ1v) is 13.6. The molecule has 1 fully saturated rings. The first kappa shape index (κ1) is 27.0. The van der Waals surface area contributed by atoms with E-state index in [0.717, 1.165) is 36.1 Å². The van der Waals surface area contributed by atoms with E-state index in [1.165, 1.54) is 0 Å². The minimum atomic E-state index is -0.570. The molecule has 39 heavy (non-hydrogen) atoms. The second-order valence-corrected chi connectivity index (χ2v) is 11.3. The monoisotopic (exact) mass is 531 g/mol. The van der Waals surface area contributed by atoms with Gasteiger partial charge in [-0.05, 0) is 54.9 Å². The Hall–Kier alpha value is -3.58. The SMILES string of the molecule is COc1cc([C@H]2C(C(=O)OC[C@@H]3CCCO3)=C(C)NC3=C2C(=O)CC(C)(C)C3)ccc1OCc1ccccc1. The van der Waals surface area contributed by atoms with Crippen molar-refractivity contribution < 1.29 is 28.5 Å². The summed E-state index contributed by atoms with van der Waals surface area (Å²) in [5, 5.41) is 3.39. The summed E-state index contributed by atoms with van der Waals surface area (Å²) in [6.45, 7) is 7.35. The van der Waals surface area contributed by atoms with Gasteiger partial charge < -0.3 is 24.3 Å². The second kappa shape index (κ2) is 11.3. The number of carbonyl (C=O) groups excluding carboxylic acids is 2. The normalized spacial score (nSPS) is 22.3. The maximum absolute atomic E-state index is 13.6. The highest BCUT2D eigenvalue weighted by molar-refractivity contribution is 6.04. The average molecular weight is 532 g/mol. The highest BCUT2D eigenvalue weighted by atomic mass is 16.6. The third-order valence-corrected chi connectivity index (χ3v) is 7.64. The van der Waals surface area contributed by atoms with Crippen molar-refractivity contribution in [3.8, 4) is 11.5 Å². The Labute approximate surface area is 230 Å². The van der Waals surface area contributed by atoms with Crippen molar-refractivity contribution >= 4 is 11.8 Å². The van der Waals surface area contributed by atoms with Crippen LogP contribution >= 0.6 is 0 Å². The number of rotatable bonds is 8. The molecule has 0 radical (unpaired) electrons. The van der Waals surface area contributed by atoms with E-state index in [1.807, 2.05) is 55.5 Å². The van der Waals surface area contributed by atoms with Crippen LogP contribution in [-0.2, 0) is 25.7 Å². The molecule has 0 unspecified atom stereocenters. The third kappa shape index (κ3) is 5.88. The van der Waals surface area contributed by atoms with Crippen LogP contribution in [0.3, 0.4) is 0 Å². The Balaban J connectivity index is 1.49. The van der Waals surface area contributed by atoms with Crippen LogP contribution in [0, 0.1) is 5.41 Å². The lowest BCUT2D eigenvalue weighted by Gasteiger charge is -2.39. The van der Waals surface area contributed by atoms with E-state index in [1.54, 1.807) is 7.11 Å². The number of allylic oxidation sites excluding steroid dienone is 3. The summed E-state index contributed by atoms with van der Waals surface area (Å²) in [6.07, 6.45) is 2.88. The molecule has 2 aromatic rings. The summed E-state index contributed by atoms with van der Waals surface area (Å²) < 4.78 is 23.2. The van der Waals surface area contributed by atoms with Crippen LogP contribution in [0.2, 0.25) is 0 Å². The standard InChI is InChI=1S/C32H37NO6/c1-20-28(31(35)39-19-23-11-8-14-37-23)29(30-24(33-20)16-32(2,3)17-25(30)34)22-12-13-26(27(15-22)36-4)38-18-21-9-6-5-7-10-21/h5-7,9-10,12-13,15,23,29,33H,8,11,14,16-19H2,1-4H3/t23-,29-/m0/s1. The zero-order valence-corrected chi connectivity index (χ0v) is 23.2. The lowest BCUT2D eigenvalue weighted by Crippen LogP contribution is -2.39. The van der Waals surface area contributed by atoms with Gasteiger partial charge in [-0.2, -0.15) is 0 Å². The number of dihydropyridines is 1. The molecule has 2 aromatic carbocycles. The molecule has 1 aliphatic carbocycles. The van der Waals surface area contributed by atoms with Crippen molar-refractivity contribution in [2.75, 3.05) is 20.3 Å². The van der Waals surface area contributed by atoms with Crippen molar-refractivity contribution in [2.45, 2.75) is 65.1 Å². The first-order valence-electron chi connectivity index (χ1n) is 13.6. The zero-order chi connectivity index (χ0) is 27.6. The molecule has 0 amide bonds. The third-order valence-electron chi connectivity index (χ3n) is 7.64. The van der Waals surface area contributed by atoms with Gasteiger partial charge >= 0.3 is 5.97 Å². The predicted octanol–water partition coefficient (Wildman–Crippen LogP) is 5.60. The molecule has 2 heterocycles. The van der Waals surface area contributed by atoms with Crippen molar-refractivity contribution in [3.63, 3.8) is 0 Å². The van der Waals surface area contributed by atoms with Gasteiger partial charge in [0.05, 0.1) is 18.8 Å². The van der Waals surface area contributed by atoms with E-state index in [0.29, 0.717) is 48.0 Å². The Morgan fingerprint density at radius 2 is 1.90 bits per heavy atom. The molecule has 1 N–H and O–H groups in total. The number of methoxy groups -OCH3 is 1. The maximum Gasteiger partial charge on any atom is 0.336 e. The van der Waals surface area contributed by atoms with Crippen molar-refractivity contribution in [1.29, 1.82) is 0 Å². The van der Waals surface area contributed by atoms with Gasteiger partial charge in [-0.25, -0.2) is 4.79 Å². The quantitative estimate of drug-likeness (QED) is 0.444. The van der Waals surface area contributed by atoms with Crippen molar-refractivity contribution in [1.82, 2.24) is 5.32 Å². The summed E-state index contributed by atoms with van der Waals surface area (Å²) in [4.78, 5) is 27.2. The average Bonchev–Trinajstić information content (AvgIpc) is 3.43. The molecule has 3 aliphatic rings. The molecule has 2 atom stereocenters. The van der Waals surface area contributed by atoms with Crippen LogP contribution in [0.15, 0.2) is 71.1 Å². The molecule has 0 spiro atoms. The summed E-state index contributed by atoms with van der Waals surface area (Å²) in [5.74, 6) is 0.163. The van der Waals surface area contributed by atoms with Gasteiger partial charge in [0.2, 0.25) is 0 Å². The van der Waals surface area contributed by atoms with Gasteiger partial charge in [-0.3, -0.25) is 4.79 Å². The fourth-order valence-electron chi connectivity index (χ4n) is 5.78. The fourth-order valence-corrected chi connectivity index (χ4v) is 5.78. The zero-order valence-electron chi connectivity index (χ0n) is 23.2. The molecular formula is C32H37NO6. The van der Waals surface area contributed by atoms with Crippen LogP contribution < -0.4 is 14.8 Å². The number of nitrogens with one attached hydrogen (secondary N) is 1. The van der Waals surface area contributed by atoms with E-state index in [9.17, 15) is 9.59 Å². The highest BCUT2D eigenvalue weighted by Gasteiger charge is 2.43. The minimum Gasteiger partial charge on any atom is -0.493 e. The van der Waals surface area contributed by atoms with Crippen LogP contribution in [0.1, 0.15) is 63.5 Å². The van der Waals surface area contributed by atoms with E-state index < -0.39 is 11.9 Å². The number of hydrogen-bond donors (Lipinski definition) is 1. The summed E-state index contributed by atoms with van der Waals surface area (Å²) in [6, 6.07) is 15.5. The van der Waals surface area contributed by atoms with Crippen LogP contribution in [0.25, 0.3) is 0 Å². The topological polar surface area (TPSA) is 83.1 Å². The van der Waals surface area contributed by atoms with Gasteiger partial charge in [0, 0.05) is 35.9 Å². The minimum absolute atomic E-state index is 0.0408.